The summed E-state index contributed by atoms with van der Waals surface area (Å²) in [6.45, 7) is 2.60. The van der Waals surface area contributed by atoms with Gasteiger partial charge in [0.2, 0.25) is 5.91 Å². The average Bonchev–Trinajstić information content (AvgIpc) is 2.56. The van der Waals surface area contributed by atoms with Crippen LogP contribution in [-0.4, -0.2) is 48.8 Å². The molecular weight excluding hydrogens is 280 g/mol. The van der Waals surface area contributed by atoms with Crippen LogP contribution >= 0.6 is 0 Å². The number of rotatable bonds is 3. The number of nitrogens with two attached hydrogens (primary N) is 1. The summed E-state index contributed by atoms with van der Waals surface area (Å²) in [7, 11) is 0. The highest BCUT2D eigenvalue weighted by molar-refractivity contribution is 5.86. The second-order valence-corrected chi connectivity index (χ2v) is 6.19. The minimum absolute atomic E-state index is 0.0777. The molecule has 0 radical (unpaired) electrons. The molecule has 0 aromatic heterocycles. The number of carbonyl (C=O) groups excluding carboxylic acids is 1. The molecule has 2 N–H and O–H groups in total. The molecule has 2 aliphatic rings. The standard InChI is InChI=1S/C17H24N2O3/c18-17(8-12-21-13-9-17)16(20)19-10-6-15(7-11-19)22-14-4-2-1-3-5-14/h1-5,15H,6-13,18H2. The van der Waals surface area contributed by atoms with Gasteiger partial charge >= 0.3 is 0 Å². The lowest BCUT2D eigenvalue weighted by atomic mass is 9.89. The zero-order valence-electron chi connectivity index (χ0n) is 12.9. The molecule has 0 aliphatic carbocycles. The van der Waals surface area contributed by atoms with Gasteiger partial charge in [-0.3, -0.25) is 4.79 Å². The summed E-state index contributed by atoms with van der Waals surface area (Å²) in [6, 6.07) is 9.85. The van der Waals surface area contributed by atoms with Crippen LogP contribution in [0.3, 0.4) is 0 Å². The van der Waals surface area contributed by atoms with Crippen molar-refractivity contribution in [3.8, 4) is 5.75 Å². The molecule has 3 rings (SSSR count). The lowest BCUT2D eigenvalue weighted by molar-refractivity contribution is -0.142. The smallest absolute Gasteiger partial charge is 0.242 e. The Bertz CT molecular complexity index is 492. The number of likely N-dealkylation sites (tertiary alicyclic amines) is 1. The zero-order chi connectivity index (χ0) is 15.4. The molecule has 0 bridgehead atoms. The number of benzene rings is 1. The Hall–Kier alpha value is -1.59. The Morgan fingerprint density at radius 3 is 2.45 bits per heavy atom. The van der Waals surface area contributed by atoms with Gasteiger partial charge in [-0.1, -0.05) is 18.2 Å². The van der Waals surface area contributed by atoms with Crippen LogP contribution in [0.4, 0.5) is 0 Å². The molecule has 5 nitrogen and oxygen atoms in total. The first-order valence-corrected chi connectivity index (χ1v) is 8.05. The quantitative estimate of drug-likeness (QED) is 0.920. The van der Waals surface area contributed by atoms with Gasteiger partial charge in [-0.25, -0.2) is 0 Å². The minimum Gasteiger partial charge on any atom is -0.490 e. The van der Waals surface area contributed by atoms with E-state index in [4.69, 9.17) is 15.2 Å². The van der Waals surface area contributed by atoms with E-state index in [1.807, 2.05) is 35.2 Å². The van der Waals surface area contributed by atoms with Gasteiger partial charge in [0.1, 0.15) is 11.9 Å². The second kappa shape index (κ2) is 6.67. The predicted molar refractivity (Wildman–Crippen MR) is 83.6 cm³/mol. The van der Waals surface area contributed by atoms with Crippen molar-refractivity contribution in [3.05, 3.63) is 30.3 Å². The molecule has 2 saturated heterocycles. The largest absolute Gasteiger partial charge is 0.490 e. The van der Waals surface area contributed by atoms with Crippen LogP contribution in [0.5, 0.6) is 5.75 Å². The first-order chi connectivity index (χ1) is 10.7. The third kappa shape index (κ3) is 3.42. The molecule has 120 valence electrons. The summed E-state index contributed by atoms with van der Waals surface area (Å²) in [4.78, 5) is 14.5. The molecule has 1 aromatic carbocycles. The Morgan fingerprint density at radius 1 is 1.18 bits per heavy atom. The lowest BCUT2D eigenvalue weighted by Gasteiger charge is -2.39. The summed E-state index contributed by atoms with van der Waals surface area (Å²) in [6.07, 6.45) is 3.12. The molecule has 2 aliphatic heterocycles. The van der Waals surface area contributed by atoms with Crippen molar-refractivity contribution < 1.29 is 14.3 Å². The summed E-state index contributed by atoms with van der Waals surface area (Å²) in [5, 5.41) is 0. The average molecular weight is 304 g/mol. The molecule has 0 saturated carbocycles. The number of carbonyl (C=O) groups is 1. The molecule has 1 aromatic rings. The van der Waals surface area contributed by atoms with Crippen molar-refractivity contribution in [1.82, 2.24) is 4.90 Å². The Kier molecular flexibility index (Phi) is 4.64. The molecule has 2 heterocycles. The molecular formula is C17H24N2O3. The number of hydrogen-bond acceptors (Lipinski definition) is 4. The number of nitrogens with zero attached hydrogens (tertiary/aromatic N) is 1. The first kappa shape index (κ1) is 15.3. The minimum atomic E-state index is -0.731. The van der Waals surface area contributed by atoms with Crippen molar-refractivity contribution in [2.45, 2.75) is 37.3 Å². The van der Waals surface area contributed by atoms with Gasteiger partial charge in [0.05, 0.1) is 5.54 Å². The van der Waals surface area contributed by atoms with E-state index in [1.165, 1.54) is 0 Å². The molecule has 22 heavy (non-hydrogen) atoms. The topological polar surface area (TPSA) is 64.8 Å². The second-order valence-electron chi connectivity index (χ2n) is 6.19. The molecule has 0 spiro atoms. The Labute approximate surface area is 131 Å². The van der Waals surface area contributed by atoms with Crippen LogP contribution in [-0.2, 0) is 9.53 Å². The fraction of sp³-hybridized carbons (Fsp3) is 0.588. The lowest BCUT2D eigenvalue weighted by Crippen LogP contribution is -2.59. The van der Waals surface area contributed by atoms with Gasteiger partial charge < -0.3 is 20.1 Å². The molecule has 1 amide bonds. The van der Waals surface area contributed by atoms with Crippen molar-refractivity contribution in [2.24, 2.45) is 5.73 Å². The molecule has 0 unspecified atom stereocenters. The number of ether oxygens (including phenoxy) is 2. The van der Waals surface area contributed by atoms with E-state index in [1.54, 1.807) is 0 Å². The van der Waals surface area contributed by atoms with Gasteiger partial charge in [-0.15, -0.1) is 0 Å². The molecule has 2 fully saturated rings. The van der Waals surface area contributed by atoms with Crippen LogP contribution < -0.4 is 10.5 Å². The normalized spacial score (nSPS) is 22.3. The van der Waals surface area contributed by atoms with E-state index in [0.29, 0.717) is 26.1 Å². The van der Waals surface area contributed by atoms with Gasteiger partial charge in [0.15, 0.2) is 0 Å². The Morgan fingerprint density at radius 2 is 1.82 bits per heavy atom. The maximum absolute atomic E-state index is 12.6. The van der Waals surface area contributed by atoms with Crippen LogP contribution in [0.2, 0.25) is 0 Å². The van der Waals surface area contributed by atoms with E-state index in [2.05, 4.69) is 0 Å². The predicted octanol–water partition coefficient (Wildman–Crippen LogP) is 1.56. The zero-order valence-corrected chi connectivity index (χ0v) is 12.9. The maximum Gasteiger partial charge on any atom is 0.242 e. The van der Waals surface area contributed by atoms with Gasteiger partial charge in [-0.2, -0.15) is 0 Å². The molecule has 0 atom stereocenters. The fourth-order valence-corrected chi connectivity index (χ4v) is 3.13. The molecule has 5 heteroatoms. The third-order valence-corrected chi connectivity index (χ3v) is 4.59. The summed E-state index contributed by atoms with van der Waals surface area (Å²) >= 11 is 0. The summed E-state index contributed by atoms with van der Waals surface area (Å²) in [5.41, 5.74) is 5.56. The van der Waals surface area contributed by atoms with Crippen LogP contribution in [0.25, 0.3) is 0 Å². The fourth-order valence-electron chi connectivity index (χ4n) is 3.13. The van der Waals surface area contributed by atoms with E-state index in [9.17, 15) is 4.79 Å². The SMILES string of the molecule is NC1(C(=O)N2CCC(Oc3ccccc3)CC2)CCOCC1. The summed E-state index contributed by atoms with van der Waals surface area (Å²) in [5.74, 6) is 0.973. The van der Waals surface area contributed by atoms with Gasteiger partial charge in [0, 0.05) is 39.1 Å². The number of amides is 1. The third-order valence-electron chi connectivity index (χ3n) is 4.59. The Balaban J connectivity index is 1.52. The highest BCUT2D eigenvalue weighted by atomic mass is 16.5. The van der Waals surface area contributed by atoms with Crippen LogP contribution in [0, 0.1) is 0 Å². The van der Waals surface area contributed by atoms with E-state index < -0.39 is 5.54 Å². The monoisotopic (exact) mass is 304 g/mol. The van der Waals surface area contributed by atoms with Crippen LogP contribution in [0.1, 0.15) is 25.7 Å². The highest BCUT2D eigenvalue weighted by Gasteiger charge is 2.40. The van der Waals surface area contributed by atoms with E-state index >= 15 is 0 Å². The van der Waals surface area contributed by atoms with E-state index in [-0.39, 0.29) is 12.0 Å². The van der Waals surface area contributed by atoms with E-state index in [0.717, 1.165) is 31.7 Å². The van der Waals surface area contributed by atoms with Gasteiger partial charge in [-0.05, 0) is 25.0 Å². The first-order valence-electron chi connectivity index (χ1n) is 8.05. The van der Waals surface area contributed by atoms with Crippen LogP contribution in [0.15, 0.2) is 30.3 Å². The van der Waals surface area contributed by atoms with Crippen molar-refractivity contribution >= 4 is 5.91 Å². The number of para-hydroxylation sites is 1. The highest BCUT2D eigenvalue weighted by Crippen LogP contribution is 2.24. The maximum atomic E-state index is 12.6. The number of hydrogen-bond donors (Lipinski definition) is 1. The van der Waals surface area contributed by atoms with Crippen molar-refractivity contribution in [2.75, 3.05) is 26.3 Å². The van der Waals surface area contributed by atoms with Crippen molar-refractivity contribution in [1.29, 1.82) is 0 Å². The number of piperidine rings is 1. The van der Waals surface area contributed by atoms with Gasteiger partial charge in [0.25, 0.3) is 0 Å². The summed E-state index contributed by atoms with van der Waals surface area (Å²) < 4.78 is 11.3. The van der Waals surface area contributed by atoms with Crippen molar-refractivity contribution in [3.63, 3.8) is 0 Å².